The normalized spacial score (nSPS) is 15.5. The number of carbonyl (C=O) groups is 1. The van der Waals surface area contributed by atoms with Crippen molar-refractivity contribution in [3.05, 3.63) is 12.2 Å². The first-order valence-corrected chi connectivity index (χ1v) is 9.77. The van der Waals surface area contributed by atoms with Crippen LogP contribution in [0.5, 0.6) is 0 Å². The van der Waals surface area contributed by atoms with Crippen molar-refractivity contribution in [1.29, 1.82) is 0 Å². The fraction of sp³-hybridized carbons (Fsp3) is 0.850. The van der Waals surface area contributed by atoms with Gasteiger partial charge in [-0.2, -0.15) is 0 Å². The average Bonchev–Trinajstić information content (AvgIpc) is 2.56. The Morgan fingerprint density at radius 2 is 1.50 bits per heavy atom. The number of unbranched alkanes of at least 4 members (excludes halogenated alkanes) is 6. The van der Waals surface area contributed by atoms with Crippen molar-refractivity contribution < 1.29 is 20.1 Å². The van der Waals surface area contributed by atoms with Crippen molar-refractivity contribution in [3.8, 4) is 0 Å². The molecular weight excluding hydrogens is 304 g/mol. The molecule has 0 fully saturated rings. The van der Waals surface area contributed by atoms with Gasteiger partial charge in [-0.1, -0.05) is 70.9 Å². The highest BCUT2D eigenvalue weighted by Crippen LogP contribution is 2.17. The second-order valence-electron chi connectivity index (χ2n) is 6.81. The van der Waals surface area contributed by atoms with Crippen LogP contribution in [0.1, 0.15) is 90.9 Å². The van der Waals surface area contributed by atoms with Gasteiger partial charge in [-0.15, -0.1) is 0 Å². The Balaban J connectivity index is 3.85. The number of carboxylic acid groups (broad SMARTS) is 1. The van der Waals surface area contributed by atoms with E-state index in [0.717, 1.165) is 64.2 Å². The minimum atomic E-state index is -0.757. The Hall–Kier alpha value is -0.870. The third-order valence-electron chi connectivity index (χ3n) is 4.57. The number of hydrogen-bond acceptors (Lipinski definition) is 3. The van der Waals surface area contributed by atoms with Crippen LogP contribution in [0.15, 0.2) is 12.2 Å². The summed E-state index contributed by atoms with van der Waals surface area (Å²) in [5, 5.41) is 28.5. The number of allylic oxidation sites excluding steroid dienone is 1. The number of aliphatic hydroxyl groups excluding tert-OH is 2. The van der Waals surface area contributed by atoms with Gasteiger partial charge in [0.1, 0.15) is 0 Å². The van der Waals surface area contributed by atoms with E-state index in [1.165, 1.54) is 0 Å². The number of carboxylic acids is 1. The zero-order chi connectivity index (χ0) is 18.2. The van der Waals surface area contributed by atoms with E-state index in [-0.39, 0.29) is 6.42 Å². The highest BCUT2D eigenvalue weighted by atomic mass is 16.4. The summed E-state index contributed by atoms with van der Waals surface area (Å²) in [5.41, 5.74) is 0. The fourth-order valence-corrected chi connectivity index (χ4v) is 2.82. The molecule has 142 valence electrons. The maximum absolute atomic E-state index is 10.4. The van der Waals surface area contributed by atoms with Crippen LogP contribution >= 0.6 is 0 Å². The van der Waals surface area contributed by atoms with E-state index in [4.69, 9.17) is 5.11 Å². The zero-order valence-electron chi connectivity index (χ0n) is 15.6. The molecule has 0 heterocycles. The molecule has 0 aromatic heterocycles. The fourth-order valence-electron chi connectivity index (χ4n) is 2.82. The number of aliphatic carboxylic acids is 1. The number of aliphatic hydroxyl groups is 2. The van der Waals surface area contributed by atoms with Crippen molar-refractivity contribution in [2.75, 3.05) is 0 Å². The van der Waals surface area contributed by atoms with Gasteiger partial charge in [0.2, 0.25) is 0 Å². The van der Waals surface area contributed by atoms with Crippen LogP contribution in [0.3, 0.4) is 0 Å². The van der Waals surface area contributed by atoms with Crippen LogP contribution in [-0.4, -0.2) is 33.5 Å². The predicted molar refractivity (Wildman–Crippen MR) is 99.0 cm³/mol. The first-order chi connectivity index (χ1) is 11.5. The minimum Gasteiger partial charge on any atom is -0.481 e. The third-order valence-corrected chi connectivity index (χ3v) is 4.57. The molecular formula is C20H38O4. The zero-order valence-corrected chi connectivity index (χ0v) is 15.6. The first-order valence-electron chi connectivity index (χ1n) is 9.77. The minimum absolute atomic E-state index is 0.277. The van der Waals surface area contributed by atoms with Crippen molar-refractivity contribution in [2.24, 2.45) is 5.92 Å². The maximum atomic E-state index is 10.4. The summed E-state index contributed by atoms with van der Waals surface area (Å²) in [5.74, 6) is -0.261. The largest absolute Gasteiger partial charge is 0.481 e. The molecule has 0 aliphatic heterocycles. The Morgan fingerprint density at radius 1 is 0.875 bits per heavy atom. The van der Waals surface area contributed by atoms with Gasteiger partial charge in [-0.3, -0.25) is 4.79 Å². The quantitative estimate of drug-likeness (QED) is 0.281. The molecule has 0 amide bonds. The number of hydrogen-bond donors (Lipinski definition) is 3. The van der Waals surface area contributed by atoms with Gasteiger partial charge in [0, 0.05) is 6.42 Å². The second-order valence-corrected chi connectivity index (χ2v) is 6.81. The van der Waals surface area contributed by atoms with Crippen LogP contribution in [-0.2, 0) is 4.79 Å². The molecule has 0 saturated carbocycles. The highest BCUT2D eigenvalue weighted by molar-refractivity contribution is 5.66. The summed E-state index contributed by atoms with van der Waals surface area (Å²) in [6.45, 7) is 4.27. The summed E-state index contributed by atoms with van der Waals surface area (Å²) < 4.78 is 0. The summed E-state index contributed by atoms with van der Waals surface area (Å²) in [4.78, 5) is 10.4. The molecule has 0 spiro atoms. The Labute approximate surface area is 148 Å². The third kappa shape index (κ3) is 13.6. The van der Waals surface area contributed by atoms with Gasteiger partial charge in [0.25, 0.3) is 0 Å². The maximum Gasteiger partial charge on any atom is 0.303 e. The summed E-state index contributed by atoms with van der Waals surface area (Å²) >= 11 is 0. The van der Waals surface area contributed by atoms with Crippen LogP contribution in [0, 0.1) is 5.92 Å². The molecule has 0 aliphatic rings. The van der Waals surface area contributed by atoms with E-state index >= 15 is 0 Å². The lowest BCUT2D eigenvalue weighted by Gasteiger charge is -2.16. The van der Waals surface area contributed by atoms with Gasteiger partial charge >= 0.3 is 5.97 Å². The molecule has 1 unspecified atom stereocenters. The van der Waals surface area contributed by atoms with E-state index in [1.807, 2.05) is 0 Å². The Morgan fingerprint density at radius 3 is 2.12 bits per heavy atom. The lowest BCUT2D eigenvalue weighted by Crippen LogP contribution is -2.23. The Kier molecular flexibility index (Phi) is 15.1. The Bertz CT molecular complexity index is 328. The van der Waals surface area contributed by atoms with Crippen molar-refractivity contribution >= 4 is 5.97 Å². The molecule has 0 saturated heterocycles. The summed E-state index contributed by atoms with van der Waals surface area (Å²) in [6.07, 6.45) is 13.7. The summed E-state index contributed by atoms with van der Waals surface area (Å²) in [6, 6.07) is 0. The smallest absolute Gasteiger partial charge is 0.303 e. The lowest BCUT2D eigenvalue weighted by atomic mass is 9.96. The molecule has 0 aromatic carbocycles. The van der Waals surface area contributed by atoms with Gasteiger partial charge in [0.05, 0.1) is 12.2 Å². The molecule has 3 N–H and O–H groups in total. The standard InChI is InChI=1S/C20H38O4/c1-3-5-9-13-18(21)19(22)16-15-17(4-2)12-10-7-6-8-11-14-20(23)24/h15-19,21-22H,3-14H2,1-2H3,(H,23,24)/b16-15+/t17?,18-,19+/m0/s1. The predicted octanol–water partition coefficient (Wildman–Crippen LogP) is 4.69. The molecule has 0 aliphatic carbocycles. The highest BCUT2D eigenvalue weighted by Gasteiger charge is 2.13. The van der Waals surface area contributed by atoms with E-state index < -0.39 is 18.2 Å². The average molecular weight is 343 g/mol. The van der Waals surface area contributed by atoms with Crippen LogP contribution in [0.25, 0.3) is 0 Å². The van der Waals surface area contributed by atoms with Crippen LogP contribution in [0.4, 0.5) is 0 Å². The van der Waals surface area contributed by atoms with E-state index in [2.05, 4.69) is 19.9 Å². The van der Waals surface area contributed by atoms with Gasteiger partial charge in [-0.25, -0.2) is 0 Å². The first kappa shape index (κ1) is 23.1. The van der Waals surface area contributed by atoms with E-state index in [9.17, 15) is 15.0 Å². The van der Waals surface area contributed by atoms with Gasteiger partial charge in [-0.05, 0) is 31.6 Å². The van der Waals surface area contributed by atoms with E-state index in [0.29, 0.717) is 12.3 Å². The van der Waals surface area contributed by atoms with Crippen LogP contribution in [0.2, 0.25) is 0 Å². The molecule has 3 atom stereocenters. The molecule has 0 bridgehead atoms. The molecule has 24 heavy (non-hydrogen) atoms. The molecule has 0 rings (SSSR count). The molecule has 0 aromatic rings. The topological polar surface area (TPSA) is 77.8 Å². The van der Waals surface area contributed by atoms with Crippen molar-refractivity contribution in [1.82, 2.24) is 0 Å². The van der Waals surface area contributed by atoms with Crippen LogP contribution < -0.4 is 0 Å². The SMILES string of the molecule is CCCCC[C@H](O)[C@H](O)/C=C/C(CC)CCCCCCCC(=O)O. The molecule has 4 heteroatoms. The van der Waals surface area contributed by atoms with Crippen molar-refractivity contribution in [3.63, 3.8) is 0 Å². The second kappa shape index (κ2) is 15.6. The van der Waals surface area contributed by atoms with Gasteiger partial charge < -0.3 is 15.3 Å². The van der Waals surface area contributed by atoms with Gasteiger partial charge in [0.15, 0.2) is 0 Å². The molecule has 0 radical (unpaired) electrons. The number of rotatable bonds is 16. The molecule has 4 nitrogen and oxygen atoms in total. The van der Waals surface area contributed by atoms with E-state index in [1.54, 1.807) is 6.08 Å². The van der Waals surface area contributed by atoms with Crippen molar-refractivity contribution in [2.45, 2.75) is 103 Å². The monoisotopic (exact) mass is 342 g/mol. The summed E-state index contributed by atoms with van der Waals surface area (Å²) in [7, 11) is 0. The lowest BCUT2D eigenvalue weighted by molar-refractivity contribution is -0.137.